The first kappa shape index (κ1) is 23.0. The second kappa shape index (κ2) is 9.02. The number of halogens is 1. The molecule has 1 amide bonds. The van der Waals surface area contributed by atoms with Crippen LogP contribution in [0.15, 0.2) is 12.3 Å². The monoisotopic (exact) mass is 478 g/mol. The lowest BCUT2D eigenvalue weighted by Gasteiger charge is -2.38. The lowest BCUT2D eigenvalue weighted by atomic mass is 9.92. The molecule has 2 aromatic rings. The Kier molecular flexibility index (Phi) is 6.49. The van der Waals surface area contributed by atoms with Crippen LogP contribution in [0.5, 0.6) is 0 Å². The third-order valence-electron chi connectivity index (χ3n) is 5.75. The Labute approximate surface area is 198 Å². The van der Waals surface area contributed by atoms with Gasteiger partial charge < -0.3 is 20.3 Å². The van der Waals surface area contributed by atoms with E-state index < -0.39 is 5.60 Å². The standard InChI is InChI=1S/C22H31ClN6O2S/c1-12(2)25-16-8-17(23)24-9-15(16)19-27-28-20(32-19)29-10-13-6-7-14(11-29)18(13)26-21(30)31-22(3,4)5/h8-9,12-14,18H,6-7,10-11H2,1-5H3,(H,24,25)(H,26,30)/t13-,14+,18?. The topological polar surface area (TPSA) is 92.3 Å². The largest absolute Gasteiger partial charge is 0.444 e. The van der Waals surface area contributed by atoms with Gasteiger partial charge >= 0.3 is 6.09 Å². The van der Waals surface area contributed by atoms with E-state index in [1.807, 2.05) is 26.8 Å². The van der Waals surface area contributed by atoms with E-state index in [1.165, 1.54) is 0 Å². The van der Waals surface area contributed by atoms with Crippen LogP contribution in [0.2, 0.25) is 5.15 Å². The Bertz CT molecular complexity index is 962. The molecule has 2 fully saturated rings. The molecule has 0 spiro atoms. The lowest BCUT2D eigenvalue weighted by molar-refractivity contribution is 0.0472. The highest BCUT2D eigenvalue weighted by Gasteiger charge is 2.44. The minimum Gasteiger partial charge on any atom is -0.444 e. The highest BCUT2D eigenvalue weighted by atomic mass is 35.5. The SMILES string of the molecule is CC(C)Nc1cc(Cl)ncc1-c1nnc(N2C[C@H]3CC[C@@H](C2)C3NC(=O)OC(C)(C)C)s1. The third-order valence-corrected chi connectivity index (χ3v) is 6.97. The molecule has 2 aromatic heterocycles. The van der Waals surface area contributed by atoms with Gasteiger partial charge in [0.2, 0.25) is 5.13 Å². The molecular weight excluding hydrogens is 448 g/mol. The third kappa shape index (κ3) is 5.26. The number of fused-ring (bicyclic) bond motifs is 2. The van der Waals surface area contributed by atoms with E-state index in [4.69, 9.17) is 16.3 Å². The average molecular weight is 479 g/mol. The van der Waals surface area contributed by atoms with Crippen LogP contribution >= 0.6 is 22.9 Å². The molecule has 8 nitrogen and oxygen atoms in total. The molecule has 2 bridgehead atoms. The van der Waals surface area contributed by atoms with Gasteiger partial charge in [0.1, 0.15) is 10.8 Å². The van der Waals surface area contributed by atoms with Gasteiger partial charge in [-0.1, -0.05) is 22.9 Å². The first-order valence-corrected chi connectivity index (χ1v) is 12.3. The minimum absolute atomic E-state index is 0.149. The van der Waals surface area contributed by atoms with Crippen LogP contribution in [0.1, 0.15) is 47.5 Å². The average Bonchev–Trinajstić information content (AvgIpc) is 3.22. The number of aromatic nitrogens is 3. The lowest BCUT2D eigenvalue weighted by Crippen LogP contribution is -2.53. The Hall–Kier alpha value is -2.13. The zero-order valence-electron chi connectivity index (χ0n) is 19.2. The Morgan fingerprint density at radius 3 is 2.56 bits per heavy atom. The predicted octanol–water partition coefficient (Wildman–Crippen LogP) is 4.81. The van der Waals surface area contributed by atoms with Crippen molar-refractivity contribution in [1.82, 2.24) is 20.5 Å². The maximum atomic E-state index is 12.3. The summed E-state index contributed by atoms with van der Waals surface area (Å²) in [6.07, 6.45) is 3.61. The number of piperidine rings is 1. The summed E-state index contributed by atoms with van der Waals surface area (Å²) >= 11 is 7.67. The Balaban J connectivity index is 1.46. The van der Waals surface area contributed by atoms with E-state index in [-0.39, 0.29) is 18.2 Å². The van der Waals surface area contributed by atoms with Crippen molar-refractivity contribution in [3.63, 3.8) is 0 Å². The molecule has 174 valence electrons. The van der Waals surface area contributed by atoms with Gasteiger partial charge in [0.15, 0.2) is 5.01 Å². The van der Waals surface area contributed by atoms with Crippen LogP contribution in [0.4, 0.5) is 15.6 Å². The summed E-state index contributed by atoms with van der Waals surface area (Å²) in [5.74, 6) is 0.757. The molecule has 1 aliphatic heterocycles. The van der Waals surface area contributed by atoms with Crippen molar-refractivity contribution in [3.05, 3.63) is 17.4 Å². The van der Waals surface area contributed by atoms with Crippen molar-refractivity contribution in [1.29, 1.82) is 0 Å². The van der Waals surface area contributed by atoms with Gasteiger partial charge in [0.05, 0.1) is 5.56 Å². The second-order valence-electron chi connectivity index (χ2n) is 9.92. The molecule has 3 atom stereocenters. The summed E-state index contributed by atoms with van der Waals surface area (Å²) in [5.41, 5.74) is 1.31. The first-order chi connectivity index (χ1) is 15.1. The van der Waals surface area contributed by atoms with Gasteiger partial charge in [-0.25, -0.2) is 9.78 Å². The Morgan fingerprint density at radius 1 is 1.25 bits per heavy atom. The number of rotatable bonds is 5. The van der Waals surface area contributed by atoms with Gasteiger partial charge in [-0.15, -0.1) is 10.2 Å². The summed E-state index contributed by atoms with van der Waals surface area (Å²) in [7, 11) is 0. The number of hydrogen-bond donors (Lipinski definition) is 2. The van der Waals surface area contributed by atoms with Gasteiger partial charge in [0.25, 0.3) is 0 Å². The number of carbonyl (C=O) groups is 1. The number of hydrogen-bond acceptors (Lipinski definition) is 8. The maximum Gasteiger partial charge on any atom is 0.407 e. The second-order valence-corrected chi connectivity index (χ2v) is 11.3. The van der Waals surface area contributed by atoms with Gasteiger partial charge in [0, 0.05) is 37.1 Å². The molecule has 1 saturated heterocycles. The van der Waals surface area contributed by atoms with Gasteiger partial charge in [-0.3, -0.25) is 0 Å². The highest BCUT2D eigenvalue weighted by molar-refractivity contribution is 7.18. The number of pyridine rings is 1. The first-order valence-electron chi connectivity index (χ1n) is 11.1. The molecule has 2 N–H and O–H groups in total. The van der Waals surface area contributed by atoms with E-state index in [0.29, 0.717) is 17.0 Å². The molecule has 0 aromatic carbocycles. The van der Waals surface area contributed by atoms with Crippen molar-refractivity contribution in [2.24, 2.45) is 11.8 Å². The fourth-order valence-corrected chi connectivity index (χ4v) is 5.59. The normalized spacial score (nSPS) is 22.8. The summed E-state index contributed by atoms with van der Waals surface area (Å²) in [5, 5.41) is 17.6. The number of alkyl carbamates (subject to hydrolysis) is 1. The maximum absolute atomic E-state index is 12.3. The number of amides is 1. The fourth-order valence-electron chi connectivity index (χ4n) is 4.54. The molecule has 0 radical (unpaired) electrons. The van der Waals surface area contributed by atoms with Crippen LogP contribution in [0.25, 0.3) is 10.6 Å². The van der Waals surface area contributed by atoms with E-state index in [0.717, 1.165) is 47.3 Å². The van der Waals surface area contributed by atoms with Crippen LogP contribution in [0.3, 0.4) is 0 Å². The molecule has 32 heavy (non-hydrogen) atoms. The number of carbonyl (C=O) groups excluding carboxylic acids is 1. The van der Waals surface area contributed by atoms with Crippen LogP contribution < -0.4 is 15.5 Å². The summed E-state index contributed by atoms with van der Waals surface area (Å²) < 4.78 is 5.47. The molecule has 1 unspecified atom stereocenters. The van der Waals surface area contributed by atoms with Crippen molar-refractivity contribution in [2.75, 3.05) is 23.3 Å². The molecule has 10 heteroatoms. The smallest absolute Gasteiger partial charge is 0.407 e. The number of anilines is 2. The molecular formula is C22H31ClN6O2S. The number of nitrogens with zero attached hydrogens (tertiary/aromatic N) is 4. The molecule has 2 aliphatic rings. The van der Waals surface area contributed by atoms with Crippen LogP contribution in [0, 0.1) is 11.8 Å². The van der Waals surface area contributed by atoms with Gasteiger partial charge in [-0.05, 0) is 65.4 Å². The van der Waals surface area contributed by atoms with E-state index in [2.05, 4.69) is 44.6 Å². The van der Waals surface area contributed by atoms with Crippen molar-refractivity contribution < 1.29 is 9.53 Å². The van der Waals surface area contributed by atoms with Crippen molar-refractivity contribution >= 4 is 39.8 Å². The number of nitrogens with one attached hydrogen (secondary N) is 2. The molecule has 1 saturated carbocycles. The van der Waals surface area contributed by atoms with Crippen molar-refractivity contribution in [3.8, 4) is 10.6 Å². The predicted molar refractivity (Wildman–Crippen MR) is 128 cm³/mol. The van der Waals surface area contributed by atoms with E-state index in [1.54, 1.807) is 17.5 Å². The summed E-state index contributed by atoms with van der Waals surface area (Å²) in [6.45, 7) is 11.5. The molecule has 4 rings (SSSR count). The molecule has 1 aliphatic carbocycles. The fraction of sp³-hybridized carbons (Fsp3) is 0.636. The summed E-state index contributed by atoms with van der Waals surface area (Å²) in [6, 6.07) is 2.23. The van der Waals surface area contributed by atoms with Gasteiger partial charge in [-0.2, -0.15) is 0 Å². The zero-order valence-corrected chi connectivity index (χ0v) is 20.8. The van der Waals surface area contributed by atoms with Crippen LogP contribution in [-0.4, -0.2) is 52.0 Å². The highest BCUT2D eigenvalue weighted by Crippen LogP contribution is 2.41. The van der Waals surface area contributed by atoms with E-state index in [9.17, 15) is 4.79 Å². The zero-order chi connectivity index (χ0) is 23.0. The quantitative estimate of drug-likeness (QED) is 0.595. The minimum atomic E-state index is -0.493. The van der Waals surface area contributed by atoms with E-state index >= 15 is 0 Å². The van der Waals surface area contributed by atoms with Crippen LogP contribution in [-0.2, 0) is 4.74 Å². The Morgan fingerprint density at radius 2 is 1.94 bits per heavy atom. The number of ether oxygens (including phenoxy) is 1. The summed E-state index contributed by atoms with van der Waals surface area (Å²) in [4.78, 5) is 18.8. The molecule has 3 heterocycles. The van der Waals surface area contributed by atoms with Crippen molar-refractivity contribution in [2.45, 2.75) is 65.1 Å².